The van der Waals surface area contributed by atoms with E-state index in [-0.39, 0.29) is 17.4 Å². The standard InChI is InChI=1S/C22H18N4O2S3/c1-13-21(31-22(23-13)18-4-3-11-29-18)17-9-10-20(26-25-17)30-12-19(28)24-16-7-5-15(6-8-16)14(2)27/h3-11H,12H2,1-2H3,(H,24,28). The van der Waals surface area contributed by atoms with E-state index in [1.54, 1.807) is 46.9 Å². The van der Waals surface area contributed by atoms with Crippen LogP contribution in [0.1, 0.15) is 23.0 Å². The van der Waals surface area contributed by atoms with Gasteiger partial charge >= 0.3 is 0 Å². The second-order valence-corrected chi connectivity index (χ2v) is 9.58. The maximum absolute atomic E-state index is 12.2. The first-order chi connectivity index (χ1) is 15.0. The van der Waals surface area contributed by atoms with E-state index in [9.17, 15) is 9.59 Å². The number of thiophene rings is 1. The molecule has 0 saturated carbocycles. The van der Waals surface area contributed by atoms with Crippen LogP contribution in [0.25, 0.3) is 20.5 Å². The Hall–Kier alpha value is -2.88. The van der Waals surface area contributed by atoms with Crippen molar-refractivity contribution in [2.45, 2.75) is 18.9 Å². The van der Waals surface area contributed by atoms with Crippen molar-refractivity contribution < 1.29 is 9.59 Å². The zero-order chi connectivity index (χ0) is 21.8. The number of aromatic nitrogens is 3. The Balaban J connectivity index is 1.35. The fourth-order valence-corrected chi connectivity index (χ4v) is 5.22. The van der Waals surface area contributed by atoms with Crippen molar-refractivity contribution in [3.63, 3.8) is 0 Å². The van der Waals surface area contributed by atoms with Gasteiger partial charge in [-0.15, -0.1) is 32.9 Å². The number of rotatable bonds is 7. The van der Waals surface area contributed by atoms with Crippen LogP contribution < -0.4 is 5.32 Å². The van der Waals surface area contributed by atoms with E-state index in [0.29, 0.717) is 16.3 Å². The van der Waals surface area contributed by atoms with Gasteiger partial charge in [-0.3, -0.25) is 9.59 Å². The molecule has 0 unspecified atom stereocenters. The molecule has 1 N–H and O–H groups in total. The average Bonchev–Trinajstić information content (AvgIpc) is 3.43. The summed E-state index contributed by atoms with van der Waals surface area (Å²) >= 11 is 4.58. The summed E-state index contributed by atoms with van der Waals surface area (Å²) in [5, 5.41) is 15.1. The average molecular weight is 467 g/mol. The van der Waals surface area contributed by atoms with Crippen molar-refractivity contribution in [3.8, 4) is 20.5 Å². The molecule has 31 heavy (non-hydrogen) atoms. The predicted molar refractivity (Wildman–Crippen MR) is 127 cm³/mol. The number of ketones is 1. The van der Waals surface area contributed by atoms with Crippen molar-refractivity contribution in [1.82, 2.24) is 15.2 Å². The fraction of sp³-hybridized carbons (Fsp3) is 0.136. The van der Waals surface area contributed by atoms with Gasteiger partial charge in [0.1, 0.15) is 15.7 Å². The molecule has 0 aliphatic rings. The van der Waals surface area contributed by atoms with Crippen LogP contribution in [-0.2, 0) is 4.79 Å². The lowest BCUT2D eigenvalue weighted by atomic mass is 10.1. The van der Waals surface area contributed by atoms with Crippen LogP contribution in [0.2, 0.25) is 0 Å². The van der Waals surface area contributed by atoms with Gasteiger partial charge in [0.15, 0.2) is 5.78 Å². The summed E-state index contributed by atoms with van der Waals surface area (Å²) in [5.74, 6) is 0.0574. The molecule has 0 radical (unpaired) electrons. The number of thioether (sulfide) groups is 1. The molecule has 1 aromatic carbocycles. The van der Waals surface area contributed by atoms with Gasteiger partial charge in [0, 0.05) is 11.3 Å². The highest BCUT2D eigenvalue weighted by molar-refractivity contribution is 7.99. The number of carbonyl (C=O) groups excluding carboxylic acids is 2. The smallest absolute Gasteiger partial charge is 0.234 e. The van der Waals surface area contributed by atoms with Gasteiger partial charge in [-0.2, -0.15) is 0 Å². The number of Topliss-reactive ketones (excluding diaryl/α,β-unsaturated/α-hetero) is 1. The number of hydrogen-bond donors (Lipinski definition) is 1. The highest BCUT2D eigenvalue weighted by Gasteiger charge is 2.14. The first kappa shape index (κ1) is 21.4. The topological polar surface area (TPSA) is 84.8 Å². The minimum Gasteiger partial charge on any atom is -0.325 e. The third-order valence-corrected chi connectivity index (χ3v) is 7.47. The summed E-state index contributed by atoms with van der Waals surface area (Å²) in [4.78, 5) is 30.3. The zero-order valence-electron chi connectivity index (χ0n) is 16.8. The van der Waals surface area contributed by atoms with Gasteiger partial charge in [0.2, 0.25) is 5.91 Å². The first-order valence-electron chi connectivity index (χ1n) is 9.38. The number of benzene rings is 1. The van der Waals surface area contributed by atoms with Crippen molar-refractivity contribution >= 4 is 51.8 Å². The van der Waals surface area contributed by atoms with Crippen LogP contribution >= 0.6 is 34.4 Å². The SMILES string of the molecule is CC(=O)c1ccc(NC(=O)CSc2ccc(-c3sc(-c4cccs4)nc3C)nn2)cc1. The van der Waals surface area contributed by atoms with Gasteiger partial charge < -0.3 is 5.32 Å². The minimum absolute atomic E-state index is 0.00766. The lowest BCUT2D eigenvalue weighted by molar-refractivity contribution is -0.113. The molecule has 0 atom stereocenters. The summed E-state index contributed by atoms with van der Waals surface area (Å²) in [6, 6.07) is 14.7. The Morgan fingerprint density at radius 3 is 2.52 bits per heavy atom. The number of hydrogen-bond acceptors (Lipinski definition) is 8. The fourth-order valence-electron chi connectivity index (χ4n) is 2.78. The van der Waals surface area contributed by atoms with Gasteiger partial charge in [0.05, 0.1) is 21.2 Å². The van der Waals surface area contributed by atoms with Crippen LogP contribution in [0, 0.1) is 6.92 Å². The normalized spacial score (nSPS) is 10.8. The molecule has 0 saturated heterocycles. The summed E-state index contributed by atoms with van der Waals surface area (Å²) in [6.45, 7) is 3.48. The Bertz CT molecular complexity index is 1200. The number of thiazole rings is 1. The summed E-state index contributed by atoms with van der Waals surface area (Å²) in [5.41, 5.74) is 2.97. The molecule has 1 amide bonds. The van der Waals surface area contributed by atoms with E-state index in [1.807, 2.05) is 30.5 Å². The number of carbonyl (C=O) groups is 2. The maximum atomic E-state index is 12.2. The molecule has 0 aliphatic carbocycles. The summed E-state index contributed by atoms with van der Waals surface area (Å²) < 4.78 is 0. The monoisotopic (exact) mass is 466 g/mol. The molecule has 6 nitrogen and oxygen atoms in total. The van der Waals surface area contributed by atoms with E-state index >= 15 is 0 Å². The van der Waals surface area contributed by atoms with Gasteiger partial charge in [-0.25, -0.2) is 4.98 Å². The molecule has 0 bridgehead atoms. The van der Waals surface area contributed by atoms with Crippen LogP contribution in [-0.4, -0.2) is 32.6 Å². The van der Waals surface area contributed by atoms with Gasteiger partial charge in [0.25, 0.3) is 0 Å². The largest absolute Gasteiger partial charge is 0.325 e. The molecule has 3 aromatic heterocycles. The summed E-state index contributed by atoms with van der Waals surface area (Å²) in [7, 11) is 0. The lowest BCUT2D eigenvalue weighted by Gasteiger charge is -2.05. The molecule has 0 fully saturated rings. The van der Waals surface area contributed by atoms with E-state index < -0.39 is 0 Å². The highest BCUT2D eigenvalue weighted by Crippen LogP contribution is 2.36. The predicted octanol–water partition coefficient (Wildman–Crippen LogP) is 5.57. The minimum atomic E-state index is -0.148. The molecular formula is C22H18N4O2S3. The van der Waals surface area contributed by atoms with Crippen molar-refractivity contribution in [3.05, 3.63) is 65.2 Å². The number of anilines is 1. The van der Waals surface area contributed by atoms with Crippen LogP contribution in [0.15, 0.2) is 58.9 Å². The summed E-state index contributed by atoms with van der Waals surface area (Å²) in [6.07, 6.45) is 0. The highest BCUT2D eigenvalue weighted by atomic mass is 32.2. The number of amides is 1. The molecule has 9 heteroatoms. The molecular weight excluding hydrogens is 448 g/mol. The Morgan fingerprint density at radius 1 is 1.06 bits per heavy atom. The Kier molecular flexibility index (Phi) is 6.55. The van der Waals surface area contributed by atoms with Crippen molar-refractivity contribution in [1.29, 1.82) is 0 Å². The van der Waals surface area contributed by atoms with Gasteiger partial charge in [-0.1, -0.05) is 17.8 Å². The number of nitrogens with zero attached hydrogens (tertiary/aromatic N) is 3. The lowest BCUT2D eigenvalue weighted by Crippen LogP contribution is -2.14. The second kappa shape index (κ2) is 9.51. The molecule has 3 heterocycles. The van der Waals surface area contributed by atoms with E-state index in [1.165, 1.54) is 18.7 Å². The first-order valence-corrected chi connectivity index (χ1v) is 12.1. The van der Waals surface area contributed by atoms with E-state index in [0.717, 1.165) is 26.1 Å². The molecule has 0 aliphatic heterocycles. The van der Waals surface area contributed by atoms with E-state index in [2.05, 4.69) is 26.6 Å². The van der Waals surface area contributed by atoms with Crippen LogP contribution in [0.4, 0.5) is 5.69 Å². The zero-order valence-corrected chi connectivity index (χ0v) is 19.2. The Labute approximate surface area is 191 Å². The quantitative estimate of drug-likeness (QED) is 0.283. The maximum Gasteiger partial charge on any atom is 0.234 e. The molecule has 0 spiro atoms. The molecule has 4 rings (SSSR count). The Morgan fingerprint density at radius 2 is 1.87 bits per heavy atom. The van der Waals surface area contributed by atoms with E-state index in [4.69, 9.17) is 0 Å². The van der Waals surface area contributed by atoms with Crippen LogP contribution in [0.5, 0.6) is 0 Å². The van der Waals surface area contributed by atoms with Crippen LogP contribution in [0.3, 0.4) is 0 Å². The van der Waals surface area contributed by atoms with Gasteiger partial charge in [-0.05, 0) is 61.7 Å². The second-order valence-electron chi connectivity index (χ2n) is 6.64. The third-order valence-electron chi connectivity index (χ3n) is 4.33. The number of aryl methyl sites for hydroxylation is 1. The van der Waals surface area contributed by atoms with Crippen molar-refractivity contribution in [2.75, 3.05) is 11.1 Å². The van der Waals surface area contributed by atoms with Crippen molar-refractivity contribution in [2.24, 2.45) is 0 Å². The number of nitrogens with one attached hydrogen (secondary N) is 1. The molecule has 4 aromatic rings. The third kappa shape index (κ3) is 5.25. The molecule has 156 valence electrons.